The van der Waals surface area contributed by atoms with Crippen LogP contribution in [-0.2, 0) is 6.54 Å². The van der Waals surface area contributed by atoms with E-state index in [0.717, 1.165) is 12.1 Å². The SMILES string of the molecule is CC(C)[C@H](C)NCc1cccc(O)c1. The zero-order valence-corrected chi connectivity index (χ0v) is 9.12. The van der Waals surface area contributed by atoms with Crippen molar-refractivity contribution in [2.24, 2.45) is 5.92 Å². The molecule has 0 aliphatic heterocycles. The molecule has 2 heteroatoms. The van der Waals surface area contributed by atoms with E-state index in [0.29, 0.717) is 17.7 Å². The summed E-state index contributed by atoms with van der Waals surface area (Å²) in [6, 6.07) is 7.86. The lowest BCUT2D eigenvalue weighted by Gasteiger charge is -2.17. The fourth-order valence-corrected chi connectivity index (χ4v) is 1.18. The van der Waals surface area contributed by atoms with E-state index in [4.69, 9.17) is 0 Å². The molecule has 0 saturated carbocycles. The second-order valence-corrected chi connectivity index (χ2v) is 4.08. The van der Waals surface area contributed by atoms with Gasteiger partial charge in [-0.15, -0.1) is 0 Å². The van der Waals surface area contributed by atoms with Gasteiger partial charge in [0.15, 0.2) is 0 Å². The van der Waals surface area contributed by atoms with E-state index >= 15 is 0 Å². The average molecular weight is 193 g/mol. The van der Waals surface area contributed by atoms with Crippen LogP contribution < -0.4 is 5.32 Å². The Labute approximate surface area is 86.0 Å². The highest BCUT2D eigenvalue weighted by molar-refractivity contribution is 5.26. The van der Waals surface area contributed by atoms with Crippen LogP contribution in [0, 0.1) is 5.92 Å². The van der Waals surface area contributed by atoms with E-state index in [1.165, 1.54) is 0 Å². The summed E-state index contributed by atoms with van der Waals surface area (Å²) in [6.07, 6.45) is 0. The predicted octanol–water partition coefficient (Wildman–Crippen LogP) is 2.53. The van der Waals surface area contributed by atoms with Gasteiger partial charge in [0, 0.05) is 12.6 Å². The minimum atomic E-state index is 0.335. The molecule has 0 fully saturated rings. The fraction of sp³-hybridized carbons (Fsp3) is 0.500. The molecule has 1 aromatic carbocycles. The summed E-state index contributed by atoms with van der Waals surface area (Å²) in [5.41, 5.74) is 1.12. The number of aromatic hydroxyl groups is 1. The summed E-state index contributed by atoms with van der Waals surface area (Å²) in [4.78, 5) is 0. The summed E-state index contributed by atoms with van der Waals surface area (Å²) in [5.74, 6) is 0.966. The van der Waals surface area contributed by atoms with Gasteiger partial charge in [0.05, 0.1) is 0 Å². The van der Waals surface area contributed by atoms with Crippen LogP contribution in [-0.4, -0.2) is 11.1 Å². The van der Waals surface area contributed by atoms with Crippen LogP contribution in [0.5, 0.6) is 5.75 Å². The number of phenols is 1. The van der Waals surface area contributed by atoms with Gasteiger partial charge in [0.1, 0.15) is 5.75 Å². The second kappa shape index (κ2) is 5.01. The van der Waals surface area contributed by atoms with Crippen molar-refractivity contribution in [3.63, 3.8) is 0 Å². The number of phenolic OH excluding ortho intramolecular Hbond substituents is 1. The van der Waals surface area contributed by atoms with Crippen molar-refractivity contribution in [3.05, 3.63) is 29.8 Å². The molecule has 0 aromatic heterocycles. The number of nitrogens with one attached hydrogen (secondary N) is 1. The largest absolute Gasteiger partial charge is 0.508 e. The Morgan fingerprint density at radius 1 is 1.29 bits per heavy atom. The molecule has 0 bridgehead atoms. The Balaban J connectivity index is 2.45. The molecule has 0 aliphatic carbocycles. The van der Waals surface area contributed by atoms with Gasteiger partial charge in [-0.05, 0) is 30.5 Å². The Morgan fingerprint density at radius 2 is 2.00 bits per heavy atom. The van der Waals surface area contributed by atoms with Crippen molar-refractivity contribution in [2.45, 2.75) is 33.4 Å². The lowest BCUT2D eigenvalue weighted by atomic mass is 10.1. The molecule has 1 aromatic rings. The van der Waals surface area contributed by atoms with E-state index < -0.39 is 0 Å². The first kappa shape index (κ1) is 11.1. The topological polar surface area (TPSA) is 32.3 Å². The van der Waals surface area contributed by atoms with Crippen molar-refractivity contribution < 1.29 is 5.11 Å². The van der Waals surface area contributed by atoms with Crippen molar-refractivity contribution >= 4 is 0 Å². The minimum absolute atomic E-state index is 0.335. The summed E-state index contributed by atoms with van der Waals surface area (Å²) >= 11 is 0. The molecule has 0 spiro atoms. The molecule has 14 heavy (non-hydrogen) atoms. The second-order valence-electron chi connectivity index (χ2n) is 4.08. The molecular weight excluding hydrogens is 174 g/mol. The van der Waals surface area contributed by atoms with Gasteiger partial charge in [-0.1, -0.05) is 26.0 Å². The van der Waals surface area contributed by atoms with Crippen molar-refractivity contribution in [1.82, 2.24) is 5.32 Å². The summed E-state index contributed by atoms with van der Waals surface area (Å²) in [5, 5.41) is 12.7. The molecule has 1 rings (SSSR count). The maximum atomic E-state index is 9.26. The highest BCUT2D eigenvalue weighted by Crippen LogP contribution is 2.11. The van der Waals surface area contributed by atoms with Crippen molar-refractivity contribution in [1.29, 1.82) is 0 Å². The molecule has 78 valence electrons. The van der Waals surface area contributed by atoms with Crippen molar-refractivity contribution in [2.75, 3.05) is 0 Å². The average Bonchev–Trinajstić information content (AvgIpc) is 2.14. The molecule has 0 heterocycles. The van der Waals surface area contributed by atoms with Gasteiger partial charge in [0.2, 0.25) is 0 Å². The fourth-order valence-electron chi connectivity index (χ4n) is 1.18. The van der Waals surface area contributed by atoms with E-state index in [1.807, 2.05) is 12.1 Å². The van der Waals surface area contributed by atoms with E-state index in [-0.39, 0.29) is 0 Å². The van der Waals surface area contributed by atoms with Crippen LogP contribution in [0.15, 0.2) is 24.3 Å². The third-order valence-electron chi connectivity index (χ3n) is 2.54. The van der Waals surface area contributed by atoms with Gasteiger partial charge < -0.3 is 10.4 Å². The Hall–Kier alpha value is -1.02. The smallest absolute Gasteiger partial charge is 0.115 e. The summed E-state index contributed by atoms with van der Waals surface area (Å²) < 4.78 is 0. The first-order chi connectivity index (χ1) is 6.59. The molecule has 0 unspecified atom stereocenters. The lowest BCUT2D eigenvalue weighted by molar-refractivity contribution is 0.425. The lowest BCUT2D eigenvalue weighted by Crippen LogP contribution is -2.30. The number of benzene rings is 1. The van der Waals surface area contributed by atoms with E-state index in [9.17, 15) is 5.11 Å². The Kier molecular flexibility index (Phi) is 3.96. The van der Waals surface area contributed by atoms with Gasteiger partial charge in [-0.2, -0.15) is 0 Å². The van der Waals surface area contributed by atoms with Gasteiger partial charge in [-0.3, -0.25) is 0 Å². The van der Waals surface area contributed by atoms with Crippen LogP contribution in [0.1, 0.15) is 26.3 Å². The first-order valence-corrected chi connectivity index (χ1v) is 5.11. The monoisotopic (exact) mass is 193 g/mol. The molecule has 0 saturated heterocycles. The van der Waals surface area contributed by atoms with Gasteiger partial charge in [0.25, 0.3) is 0 Å². The number of hydrogen-bond donors (Lipinski definition) is 2. The third kappa shape index (κ3) is 3.38. The number of hydrogen-bond acceptors (Lipinski definition) is 2. The zero-order valence-electron chi connectivity index (χ0n) is 9.12. The van der Waals surface area contributed by atoms with Crippen LogP contribution in [0.25, 0.3) is 0 Å². The molecule has 1 atom stereocenters. The van der Waals surface area contributed by atoms with Crippen LogP contribution >= 0.6 is 0 Å². The van der Waals surface area contributed by atoms with E-state index in [1.54, 1.807) is 12.1 Å². The molecule has 0 radical (unpaired) electrons. The first-order valence-electron chi connectivity index (χ1n) is 5.11. The summed E-state index contributed by atoms with van der Waals surface area (Å²) in [7, 11) is 0. The molecule has 0 aliphatic rings. The predicted molar refractivity (Wildman–Crippen MR) is 59.2 cm³/mol. The quantitative estimate of drug-likeness (QED) is 0.770. The standard InChI is InChI=1S/C12H19NO/c1-9(2)10(3)13-8-11-5-4-6-12(14)7-11/h4-7,9-10,13-14H,8H2,1-3H3/t10-/m0/s1. The normalized spacial score (nSPS) is 13.1. The van der Waals surface area contributed by atoms with Crippen LogP contribution in [0.4, 0.5) is 0 Å². The summed E-state index contributed by atoms with van der Waals surface area (Å²) in [6.45, 7) is 7.38. The van der Waals surface area contributed by atoms with E-state index in [2.05, 4.69) is 26.1 Å². The third-order valence-corrected chi connectivity index (χ3v) is 2.54. The molecular formula is C12H19NO. The molecule has 2 N–H and O–H groups in total. The highest BCUT2D eigenvalue weighted by Gasteiger charge is 2.05. The van der Waals surface area contributed by atoms with Crippen molar-refractivity contribution in [3.8, 4) is 5.75 Å². The number of rotatable bonds is 4. The maximum Gasteiger partial charge on any atom is 0.115 e. The minimum Gasteiger partial charge on any atom is -0.508 e. The maximum absolute atomic E-state index is 9.26. The van der Waals surface area contributed by atoms with Crippen LogP contribution in [0.3, 0.4) is 0 Å². The highest BCUT2D eigenvalue weighted by atomic mass is 16.3. The van der Waals surface area contributed by atoms with Crippen LogP contribution in [0.2, 0.25) is 0 Å². The molecule has 2 nitrogen and oxygen atoms in total. The Bertz CT molecular complexity index is 283. The van der Waals surface area contributed by atoms with Gasteiger partial charge >= 0.3 is 0 Å². The Morgan fingerprint density at radius 3 is 2.57 bits per heavy atom. The zero-order chi connectivity index (χ0) is 10.6. The molecule has 0 amide bonds. The van der Waals surface area contributed by atoms with Gasteiger partial charge in [-0.25, -0.2) is 0 Å².